The molecule has 0 radical (unpaired) electrons. The molecule has 0 bridgehead atoms. The molecular weight excluding hydrogens is 384 g/mol. The summed E-state index contributed by atoms with van der Waals surface area (Å²) in [6.07, 6.45) is 7.10. The zero-order valence-electron chi connectivity index (χ0n) is 17.3. The van der Waals surface area contributed by atoms with E-state index >= 15 is 0 Å². The van der Waals surface area contributed by atoms with Crippen molar-refractivity contribution in [2.75, 3.05) is 40.3 Å². The van der Waals surface area contributed by atoms with Gasteiger partial charge in [0.05, 0.1) is 4.88 Å². The van der Waals surface area contributed by atoms with Crippen molar-refractivity contribution in [3.8, 4) is 0 Å². The largest absolute Gasteiger partial charge is 0.350 e. The standard InChI is InChI=1S/C22H30N4O2S/c1-25(2)13-11-23-20(27)19-18(17-8-5-10-24-21(17)29-19)16-9-12-26(14-16)22(28)15-6-3-4-7-15/h5,8,10,15-16H,3-4,6-7,9,11-14H2,1-2H3,(H,23,27)/t16-/m0/s1. The summed E-state index contributed by atoms with van der Waals surface area (Å²) < 4.78 is 0. The molecule has 29 heavy (non-hydrogen) atoms. The second kappa shape index (κ2) is 8.79. The highest BCUT2D eigenvalue weighted by molar-refractivity contribution is 7.20. The Bertz CT molecular complexity index is 888. The smallest absolute Gasteiger partial charge is 0.261 e. The van der Waals surface area contributed by atoms with Crippen LogP contribution in [0, 0.1) is 5.92 Å². The van der Waals surface area contributed by atoms with Gasteiger partial charge in [0.1, 0.15) is 4.83 Å². The molecular formula is C22H30N4O2S. The summed E-state index contributed by atoms with van der Waals surface area (Å²) in [6.45, 7) is 2.93. The lowest BCUT2D eigenvalue weighted by Crippen LogP contribution is -2.33. The average molecular weight is 415 g/mol. The lowest BCUT2D eigenvalue weighted by molar-refractivity contribution is -0.134. The van der Waals surface area contributed by atoms with Gasteiger partial charge >= 0.3 is 0 Å². The molecule has 156 valence electrons. The number of aromatic nitrogens is 1. The molecule has 2 aromatic heterocycles. The van der Waals surface area contributed by atoms with Crippen LogP contribution in [0.2, 0.25) is 0 Å². The first kappa shape index (κ1) is 20.3. The van der Waals surface area contributed by atoms with Crippen LogP contribution in [0.5, 0.6) is 0 Å². The van der Waals surface area contributed by atoms with E-state index < -0.39 is 0 Å². The molecule has 2 aromatic rings. The van der Waals surface area contributed by atoms with Gasteiger partial charge in [0.2, 0.25) is 5.91 Å². The number of likely N-dealkylation sites (N-methyl/N-ethyl adjacent to an activating group) is 1. The lowest BCUT2D eigenvalue weighted by Gasteiger charge is -2.20. The molecule has 1 saturated heterocycles. The fraction of sp³-hybridized carbons (Fsp3) is 0.591. The van der Waals surface area contributed by atoms with Crippen LogP contribution in [0.4, 0.5) is 0 Å². The van der Waals surface area contributed by atoms with E-state index in [0.29, 0.717) is 19.0 Å². The number of fused-ring (bicyclic) bond motifs is 1. The van der Waals surface area contributed by atoms with Crippen molar-refractivity contribution in [2.45, 2.75) is 38.0 Å². The van der Waals surface area contributed by atoms with E-state index in [-0.39, 0.29) is 17.7 Å². The molecule has 2 aliphatic rings. The summed E-state index contributed by atoms with van der Waals surface area (Å²) in [5, 5.41) is 4.12. The predicted molar refractivity (Wildman–Crippen MR) is 116 cm³/mol. The molecule has 7 heteroatoms. The molecule has 1 aliphatic carbocycles. The number of carbonyl (C=O) groups is 2. The highest BCUT2D eigenvalue weighted by Gasteiger charge is 2.35. The number of likely N-dealkylation sites (tertiary alicyclic amines) is 1. The summed E-state index contributed by atoms with van der Waals surface area (Å²) in [7, 11) is 3.99. The molecule has 1 aliphatic heterocycles. The monoisotopic (exact) mass is 414 g/mol. The minimum atomic E-state index is -0.0228. The SMILES string of the molecule is CN(C)CCNC(=O)c1sc2ncccc2c1[C@H]1CCN(C(=O)C2CCCC2)C1. The first-order valence-electron chi connectivity index (χ1n) is 10.6. The van der Waals surface area contributed by atoms with Gasteiger partial charge in [-0.3, -0.25) is 9.59 Å². The normalized spacial score (nSPS) is 20.1. The molecule has 4 rings (SSSR count). The van der Waals surface area contributed by atoms with Gasteiger partial charge in [-0.1, -0.05) is 18.9 Å². The van der Waals surface area contributed by atoms with Crippen molar-refractivity contribution in [1.29, 1.82) is 0 Å². The number of hydrogen-bond acceptors (Lipinski definition) is 5. The maximum atomic E-state index is 13.0. The van der Waals surface area contributed by atoms with Crippen LogP contribution in [-0.4, -0.2) is 66.9 Å². The molecule has 0 unspecified atom stereocenters. The van der Waals surface area contributed by atoms with Crippen LogP contribution in [0.25, 0.3) is 10.2 Å². The van der Waals surface area contributed by atoms with E-state index in [9.17, 15) is 9.59 Å². The number of rotatable bonds is 6. The molecule has 6 nitrogen and oxygen atoms in total. The van der Waals surface area contributed by atoms with Gasteiger partial charge < -0.3 is 15.1 Å². The summed E-state index contributed by atoms with van der Waals surface area (Å²) in [5.41, 5.74) is 1.09. The maximum Gasteiger partial charge on any atom is 0.261 e. The second-order valence-corrected chi connectivity index (χ2v) is 9.51. The first-order valence-corrected chi connectivity index (χ1v) is 11.5. The minimum absolute atomic E-state index is 0.0228. The highest BCUT2D eigenvalue weighted by atomic mass is 32.1. The van der Waals surface area contributed by atoms with Crippen molar-refractivity contribution >= 4 is 33.4 Å². The quantitative estimate of drug-likeness (QED) is 0.789. The molecule has 1 N–H and O–H groups in total. The number of nitrogens with zero attached hydrogens (tertiary/aromatic N) is 3. The number of thiophene rings is 1. The van der Waals surface area contributed by atoms with Crippen LogP contribution in [0.1, 0.15) is 53.3 Å². The van der Waals surface area contributed by atoms with Gasteiger partial charge in [-0.25, -0.2) is 4.98 Å². The van der Waals surface area contributed by atoms with Gasteiger partial charge in [0.15, 0.2) is 0 Å². The molecule has 2 amide bonds. The van der Waals surface area contributed by atoms with E-state index in [0.717, 1.165) is 53.0 Å². The van der Waals surface area contributed by atoms with Gasteiger partial charge in [-0.15, -0.1) is 11.3 Å². The zero-order chi connectivity index (χ0) is 20.4. The van der Waals surface area contributed by atoms with Gasteiger partial charge in [0, 0.05) is 49.6 Å². The van der Waals surface area contributed by atoms with Crippen molar-refractivity contribution in [2.24, 2.45) is 5.92 Å². The Labute approximate surface area is 176 Å². The van der Waals surface area contributed by atoms with Crippen LogP contribution in [0.15, 0.2) is 18.3 Å². The summed E-state index contributed by atoms with van der Waals surface area (Å²) in [6, 6.07) is 3.99. The van der Waals surface area contributed by atoms with Crippen LogP contribution in [0.3, 0.4) is 0 Å². The second-order valence-electron chi connectivity index (χ2n) is 8.51. The number of nitrogens with one attached hydrogen (secondary N) is 1. The lowest BCUT2D eigenvalue weighted by atomic mass is 9.95. The van der Waals surface area contributed by atoms with Crippen molar-refractivity contribution in [3.63, 3.8) is 0 Å². The Morgan fingerprint density at radius 3 is 2.83 bits per heavy atom. The van der Waals surface area contributed by atoms with Gasteiger partial charge in [-0.05, 0) is 45.0 Å². The molecule has 2 fully saturated rings. The molecule has 1 atom stereocenters. The fourth-order valence-electron chi connectivity index (χ4n) is 4.63. The number of pyridine rings is 1. The van der Waals surface area contributed by atoms with Crippen LogP contribution in [-0.2, 0) is 4.79 Å². The Morgan fingerprint density at radius 2 is 2.07 bits per heavy atom. The number of carbonyl (C=O) groups excluding carboxylic acids is 2. The van der Waals surface area contributed by atoms with Crippen molar-refractivity contribution < 1.29 is 9.59 Å². The third-order valence-corrected chi connectivity index (χ3v) is 7.30. The molecule has 1 saturated carbocycles. The zero-order valence-corrected chi connectivity index (χ0v) is 18.1. The van der Waals surface area contributed by atoms with E-state index in [1.807, 2.05) is 25.1 Å². The van der Waals surface area contributed by atoms with Crippen molar-refractivity contribution in [1.82, 2.24) is 20.1 Å². The van der Waals surface area contributed by atoms with E-state index in [2.05, 4.69) is 21.3 Å². The predicted octanol–water partition coefficient (Wildman–Crippen LogP) is 3.09. The summed E-state index contributed by atoms with van der Waals surface area (Å²) >= 11 is 1.47. The van der Waals surface area contributed by atoms with E-state index in [4.69, 9.17) is 0 Å². The Balaban J connectivity index is 1.56. The summed E-state index contributed by atoms with van der Waals surface area (Å²) in [5.74, 6) is 0.710. The number of hydrogen-bond donors (Lipinski definition) is 1. The Kier molecular flexibility index (Phi) is 6.15. The Morgan fingerprint density at radius 1 is 1.28 bits per heavy atom. The van der Waals surface area contributed by atoms with Gasteiger partial charge in [0.25, 0.3) is 5.91 Å². The third-order valence-electron chi connectivity index (χ3n) is 6.17. The molecule has 0 aromatic carbocycles. The first-order chi connectivity index (χ1) is 14.0. The fourth-order valence-corrected chi connectivity index (χ4v) is 5.77. The van der Waals surface area contributed by atoms with Crippen molar-refractivity contribution in [3.05, 3.63) is 28.8 Å². The number of amides is 2. The maximum absolute atomic E-state index is 13.0. The summed E-state index contributed by atoms with van der Waals surface area (Å²) in [4.78, 5) is 36.1. The van der Waals surface area contributed by atoms with Gasteiger partial charge in [-0.2, -0.15) is 0 Å². The Hall–Kier alpha value is -1.99. The van der Waals surface area contributed by atoms with E-state index in [1.165, 1.54) is 24.2 Å². The average Bonchev–Trinajstić information content (AvgIpc) is 3.45. The topological polar surface area (TPSA) is 65.5 Å². The van der Waals surface area contributed by atoms with E-state index in [1.54, 1.807) is 6.20 Å². The molecule has 3 heterocycles. The van der Waals surface area contributed by atoms with Crippen LogP contribution < -0.4 is 5.32 Å². The third kappa shape index (κ3) is 4.31. The highest BCUT2D eigenvalue weighted by Crippen LogP contribution is 2.40. The minimum Gasteiger partial charge on any atom is -0.350 e. The van der Waals surface area contributed by atoms with Crippen LogP contribution >= 0.6 is 11.3 Å². The molecule has 0 spiro atoms.